The fourth-order valence-corrected chi connectivity index (χ4v) is 18.7. The summed E-state index contributed by atoms with van der Waals surface area (Å²) in [6.45, 7) is 17.9. The van der Waals surface area contributed by atoms with Crippen LogP contribution in [-0.4, -0.2) is 56.5 Å². The van der Waals surface area contributed by atoms with Crippen LogP contribution in [0.3, 0.4) is 0 Å². The smallest absolute Gasteiger partial charge is 0.349 e. The molecule has 1 aliphatic heterocycles. The van der Waals surface area contributed by atoms with Crippen LogP contribution >= 0.6 is 0 Å². The largest absolute Gasteiger partial charge is 0.414 e. The summed E-state index contributed by atoms with van der Waals surface area (Å²) in [5, 5.41) is 14.5. The summed E-state index contributed by atoms with van der Waals surface area (Å²) in [7, 11) is -5.62. The van der Waals surface area contributed by atoms with Crippen molar-refractivity contribution in [3.8, 4) is 0 Å². The Morgan fingerprint density at radius 1 is 1.00 bits per heavy atom. The minimum atomic E-state index is -2.91. The molecule has 0 unspecified atom stereocenters. The van der Waals surface area contributed by atoms with Gasteiger partial charge in [-0.15, -0.1) is 0 Å². The monoisotopic (exact) mass is 599 g/mol. The van der Waals surface area contributed by atoms with E-state index in [4.69, 9.17) is 13.0 Å². The topological polar surface area (TPSA) is 112 Å². The third-order valence-corrected chi connectivity index (χ3v) is 19.9. The van der Waals surface area contributed by atoms with Gasteiger partial charge >= 0.3 is 22.8 Å². The van der Waals surface area contributed by atoms with E-state index in [1.54, 1.807) is 36.5 Å². The van der Waals surface area contributed by atoms with Crippen molar-refractivity contribution < 1.29 is 22.9 Å². The molecule has 5 rings (SSSR count). The minimum Gasteiger partial charge on any atom is -0.414 e. The van der Waals surface area contributed by atoms with Crippen LogP contribution in [0.15, 0.2) is 47.4 Å². The summed E-state index contributed by atoms with van der Waals surface area (Å²) in [4.78, 5) is 30.1. The second-order valence-corrected chi connectivity index (χ2v) is 22.2. The molecule has 1 aromatic heterocycles. The number of anilines is 1. The number of nitrogens with zero attached hydrogens (tertiary/aromatic N) is 2. The Kier molecular flexibility index (Phi) is 8.01. The Labute approximate surface area is 245 Å². The normalized spacial score (nSPS) is 30.2. The highest BCUT2D eigenvalue weighted by atomic mass is 28.5. The van der Waals surface area contributed by atoms with E-state index < -0.39 is 41.1 Å². The van der Waals surface area contributed by atoms with Crippen LogP contribution in [0.1, 0.15) is 78.2 Å². The molecule has 1 aromatic carbocycles. The summed E-state index contributed by atoms with van der Waals surface area (Å²) >= 11 is 0. The van der Waals surface area contributed by atoms with Crippen molar-refractivity contribution in [2.24, 2.45) is 11.3 Å². The molecule has 2 aliphatic carbocycles. The van der Waals surface area contributed by atoms with Crippen molar-refractivity contribution >= 4 is 28.8 Å². The molecule has 1 saturated heterocycles. The average molecular weight is 600 g/mol. The number of rotatable bonds is 7. The zero-order chi connectivity index (χ0) is 29.9. The molecule has 5 atom stereocenters. The first-order valence-corrected chi connectivity index (χ1v) is 18.9. The lowest BCUT2D eigenvalue weighted by Crippen LogP contribution is -2.65. The number of nitrogens with one attached hydrogen (secondary N) is 1. The number of aliphatic hydroxyl groups is 1. The van der Waals surface area contributed by atoms with E-state index in [1.165, 1.54) is 4.57 Å². The van der Waals surface area contributed by atoms with E-state index in [0.29, 0.717) is 12.2 Å². The van der Waals surface area contributed by atoms with Gasteiger partial charge in [0.05, 0.1) is 12.1 Å². The number of aromatic nitrogens is 2. The Balaban J connectivity index is 1.48. The highest BCUT2D eigenvalue weighted by Gasteiger charge is 2.75. The predicted molar refractivity (Wildman–Crippen MR) is 162 cm³/mol. The van der Waals surface area contributed by atoms with Crippen LogP contribution in [0.25, 0.3) is 0 Å². The number of amides is 1. The van der Waals surface area contributed by atoms with Gasteiger partial charge in [0, 0.05) is 23.8 Å². The Morgan fingerprint density at radius 2 is 1.61 bits per heavy atom. The van der Waals surface area contributed by atoms with Gasteiger partial charge in [-0.2, -0.15) is 4.98 Å². The molecule has 0 bridgehead atoms. The van der Waals surface area contributed by atoms with Crippen LogP contribution in [0, 0.1) is 11.3 Å². The maximum absolute atomic E-state index is 13.3. The number of hydrogen-bond acceptors (Lipinski definition) is 7. The molecule has 3 aliphatic rings. The molecule has 0 radical (unpaired) electrons. The van der Waals surface area contributed by atoms with Gasteiger partial charge in [-0.25, -0.2) is 4.79 Å². The number of carbonyl (C=O) groups excluding carboxylic acids is 1. The zero-order valence-electron chi connectivity index (χ0n) is 25.5. The van der Waals surface area contributed by atoms with E-state index in [-0.39, 0.29) is 45.2 Å². The Hall–Kier alpha value is -2.16. The van der Waals surface area contributed by atoms with E-state index >= 15 is 0 Å². The molecular weight excluding hydrogens is 555 g/mol. The molecule has 2 saturated carbocycles. The molecule has 2 N–H and O–H groups in total. The van der Waals surface area contributed by atoms with E-state index in [2.05, 4.69) is 65.7 Å². The Bertz CT molecular complexity index is 1320. The van der Waals surface area contributed by atoms with Crippen LogP contribution in [-0.2, 0) is 13.0 Å². The van der Waals surface area contributed by atoms with Crippen molar-refractivity contribution in [3.05, 3.63) is 58.6 Å². The molecule has 3 fully saturated rings. The van der Waals surface area contributed by atoms with Crippen molar-refractivity contribution in [1.82, 2.24) is 9.55 Å². The molecule has 11 heteroatoms. The highest BCUT2D eigenvalue weighted by molar-refractivity contribution is 6.84. The number of aliphatic hydroxyl groups excluding tert-OH is 1. The summed E-state index contributed by atoms with van der Waals surface area (Å²) in [5.41, 5.74) is 0.332. The maximum atomic E-state index is 13.3. The fraction of sp³-hybridized carbons (Fsp3) is 0.633. The molecule has 1 spiro atoms. The minimum absolute atomic E-state index is 0.0157. The van der Waals surface area contributed by atoms with E-state index in [1.807, 2.05) is 6.07 Å². The standard InChI is InChI=1S/C30H45N3O6Si2/c1-18(2)40(19(3)4)37-17-30-16-23(30)25(26(34)27(30)38-41(39-40,20(5)6)21(7)8)33-15-14-24(32-29(33)36)31-28(35)22-12-10-9-11-13-22/h9-15,18-21,23,25-27,34H,16-17H2,1-8H3,(H,31,32,35,36)/t23-,25-,26+,27+,30+/m1/s1. The van der Waals surface area contributed by atoms with Gasteiger partial charge < -0.3 is 23.4 Å². The second-order valence-electron chi connectivity index (χ2n) is 13.3. The molecule has 1 amide bonds. The van der Waals surface area contributed by atoms with E-state index in [0.717, 1.165) is 6.42 Å². The molecule has 41 heavy (non-hydrogen) atoms. The summed E-state index contributed by atoms with van der Waals surface area (Å²) in [6, 6.07) is 9.90. The fourth-order valence-electron chi connectivity index (χ4n) is 7.34. The first-order chi connectivity index (χ1) is 19.3. The van der Waals surface area contributed by atoms with Crippen LogP contribution in [0.5, 0.6) is 0 Å². The van der Waals surface area contributed by atoms with Gasteiger partial charge in [-0.1, -0.05) is 73.6 Å². The van der Waals surface area contributed by atoms with Gasteiger partial charge in [0.15, 0.2) is 0 Å². The van der Waals surface area contributed by atoms with Gasteiger partial charge in [0.2, 0.25) is 0 Å². The predicted octanol–water partition coefficient (Wildman–Crippen LogP) is 5.37. The highest BCUT2D eigenvalue weighted by Crippen LogP contribution is 2.70. The van der Waals surface area contributed by atoms with Crippen LogP contribution in [0.2, 0.25) is 22.2 Å². The van der Waals surface area contributed by atoms with Gasteiger partial charge in [-0.3, -0.25) is 9.36 Å². The lowest BCUT2D eigenvalue weighted by atomic mass is 10.0. The van der Waals surface area contributed by atoms with Crippen molar-refractivity contribution in [2.75, 3.05) is 11.9 Å². The van der Waals surface area contributed by atoms with E-state index in [9.17, 15) is 14.7 Å². The molecule has 2 aromatic rings. The lowest BCUT2D eigenvalue weighted by molar-refractivity contribution is -0.0482. The SMILES string of the molecule is CC(C)[Si]1(C(C)C)OC[C@@]23C[C@@H]2[C@@H](n2ccc(NC(=O)c4ccccc4)nc2=O)[C@H](O)[C@@H]3O[Si](C(C)C)(C(C)C)O1. The second kappa shape index (κ2) is 10.8. The number of hydrogen-bond donors (Lipinski definition) is 2. The molecule has 224 valence electrons. The van der Waals surface area contributed by atoms with Crippen molar-refractivity contribution in [2.45, 2.75) is 102 Å². The first kappa shape index (κ1) is 30.3. The summed E-state index contributed by atoms with van der Waals surface area (Å²) in [6.07, 6.45) is 1.02. The van der Waals surface area contributed by atoms with Gasteiger partial charge in [0.25, 0.3) is 5.91 Å². The van der Waals surface area contributed by atoms with Crippen LogP contribution < -0.4 is 11.0 Å². The molecule has 2 heterocycles. The number of benzene rings is 1. The molecular formula is C30H45N3O6Si2. The Morgan fingerprint density at radius 3 is 2.17 bits per heavy atom. The number of carbonyl (C=O) groups is 1. The van der Waals surface area contributed by atoms with Gasteiger partial charge in [-0.05, 0) is 52.7 Å². The maximum Gasteiger partial charge on any atom is 0.349 e. The van der Waals surface area contributed by atoms with Crippen LogP contribution in [0.4, 0.5) is 5.82 Å². The van der Waals surface area contributed by atoms with Crippen molar-refractivity contribution in [3.63, 3.8) is 0 Å². The lowest BCUT2D eigenvalue weighted by Gasteiger charge is -2.52. The third-order valence-electron chi connectivity index (χ3n) is 9.66. The average Bonchev–Trinajstić information content (AvgIpc) is 3.58. The summed E-state index contributed by atoms with van der Waals surface area (Å²) in [5.74, 6) is -0.150. The quantitative estimate of drug-likeness (QED) is 0.411. The first-order valence-electron chi connectivity index (χ1n) is 14.9. The molecule has 9 nitrogen and oxygen atoms in total. The third kappa shape index (κ3) is 4.88. The van der Waals surface area contributed by atoms with Crippen molar-refractivity contribution in [1.29, 1.82) is 0 Å². The zero-order valence-corrected chi connectivity index (χ0v) is 27.5. The summed E-state index contributed by atoms with van der Waals surface area (Å²) < 4.78 is 23.0. The van der Waals surface area contributed by atoms with Gasteiger partial charge in [0.1, 0.15) is 11.9 Å².